The number of aliphatic hydroxyl groups is 1. The minimum Gasteiger partial charge on any atom is -0.390 e. The summed E-state index contributed by atoms with van der Waals surface area (Å²) in [4.78, 5) is 51.8. The van der Waals surface area contributed by atoms with Crippen LogP contribution in [0.15, 0.2) is 96.2 Å². The summed E-state index contributed by atoms with van der Waals surface area (Å²) < 4.78 is 29.2. The first-order valence-corrected chi connectivity index (χ1v) is 19.8. The van der Waals surface area contributed by atoms with Crippen LogP contribution >= 0.6 is 0 Å². The van der Waals surface area contributed by atoms with E-state index in [1.807, 2.05) is 81.4 Å². The van der Waals surface area contributed by atoms with E-state index < -0.39 is 55.7 Å². The molecule has 0 spiro atoms. The number of rotatable bonds is 12. The SMILES string of the molecule is CC(C)(C)NC(=O)[C@]1(S(=O)(=O)c2ccccn2)CCCCN1C[C@@H](O)[C@H](Cc1ccccc1)NC(=O)CN(C(=O)c1ccc2ccccc2n1)C(C)(C)C. The molecule has 1 fully saturated rings. The molecule has 5 rings (SSSR count). The molecule has 2 aromatic heterocycles. The first kappa shape index (κ1) is 40.5. The predicted molar refractivity (Wildman–Crippen MR) is 208 cm³/mol. The summed E-state index contributed by atoms with van der Waals surface area (Å²) in [6.07, 6.45) is 1.29. The molecule has 4 aromatic rings. The second-order valence-corrected chi connectivity index (χ2v) is 18.0. The largest absolute Gasteiger partial charge is 0.390 e. The maximum Gasteiger partial charge on any atom is 0.273 e. The van der Waals surface area contributed by atoms with E-state index >= 15 is 0 Å². The molecule has 1 saturated heterocycles. The maximum absolute atomic E-state index is 14.6. The minimum absolute atomic E-state index is 0.0122. The van der Waals surface area contributed by atoms with Crippen LogP contribution in [0.25, 0.3) is 10.9 Å². The Morgan fingerprint density at radius 3 is 2.26 bits per heavy atom. The van der Waals surface area contributed by atoms with Gasteiger partial charge in [0.15, 0.2) is 5.03 Å². The lowest BCUT2D eigenvalue weighted by atomic mass is 9.95. The first-order chi connectivity index (χ1) is 25.4. The summed E-state index contributed by atoms with van der Waals surface area (Å²) in [5.74, 6) is -1.64. The summed E-state index contributed by atoms with van der Waals surface area (Å²) in [6.45, 7) is 10.5. The summed E-state index contributed by atoms with van der Waals surface area (Å²) in [7, 11) is -4.43. The highest BCUT2D eigenvalue weighted by Gasteiger charge is 2.58. The van der Waals surface area contributed by atoms with Crippen molar-refractivity contribution >= 4 is 38.5 Å². The maximum atomic E-state index is 14.6. The highest BCUT2D eigenvalue weighted by Crippen LogP contribution is 2.38. The van der Waals surface area contributed by atoms with Crippen molar-refractivity contribution in [2.24, 2.45) is 0 Å². The number of hydrogen-bond donors (Lipinski definition) is 3. The van der Waals surface area contributed by atoms with Crippen molar-refractivity contribution in [3.05, 3.63) is 102 Å². The van der Waals surface area contributed by atoms with Gasteiger partial charge in [0.2, 0.25) is 20.6 Å². The molecular weight excluding hydrogens is 705 g/mol. The number of likely N-dealkylation sites (tertiary alicyclic amines) is 1. The fourth-order valence-corrected chi connectivity index (χ4v) is 8.90. The molecule has 12 nitrogen and oxygen atoms in total. The molecular formula is C41H52N6O6S. The van der Waals surface area contributed by atoms with Gasteiger partial charge in [0.25, 0.3) is 11.8 Å². The zero-order valence-corrected chi connectivity index (χ0v) is 32.8. The van der Waals surface area contributed by atoms with Gasteiger partial charge in [-0.05, 0) is 97.1 Å². The van der Waals surface area contributed by atoms with Crippen molar-refractivity contribution < 1.29 is 27.9 Å². The third-order valence-electron chi connectivity index (χ3n) is 9.60. The van der Waals surface area contributed by atoms with E-state index in [0.717, 1.165) is 10.9 Å². The number of nitrogens with one attached hydrogen (secondary N) is 2. The van der Waals surface area contributed by atoms with Gasteiger partial charge in [-0.2, -0.15) is 0 Å². The standard InChI is InChI=1S/C41H52N6O6S/c1-39(2,3)45-38(51)41(54(52,53)36-20-12-14-24-42-36)23-13-15-25-46(41)27-34(48)33(26-29-16-8-7-9-17-29)44-35(49)28-47(40(4,5)6)37(50)32-22-21-30-18-10-11-19-31(30)43-32/h7-12,14,16-22,24,33-34,48H,13,15,23,25-28H2,1-6H3,(H,44,49)(H,45,51)/t33-,34+,41+/m0/s1. The number of pyridine rings is 2. The number of piperidine rings is 1. The van der Waals surface area contributed by atoms with Gasteiger partial charge in [0.1, 0.15) is 12.2 Å². The van der Waals surface area contributed by atoms with Crippen molar-refractivity contribution in [2.75, 3.05) is 19.6 Å². The first-order valence-electron chi connectivity index (χ1n) is 18.3. The van der Waals surface area contributed by atoms with Crippen LogP contribution in [0.1, 0.15) is 76.9 Å². The molecule has 0 aliphatic carbocycles. The molecule has 0 unspecified atom stereocenters. The number of nitrogens with zero attached hydrogens (tertiary/aromatic N) is 4. The third-order valence-corrected chi connectivity index (χ3v) is 11.9. The van der Waals surface area contributed by atoms with E-state index in [4.69, 9.17) is 0 Å². The molecule has 3 N–H and O–H groups in total. The van der Waals surface area contributed by atoms with Crippen molar-refractivity contribution in [3.8, 4) is 0 Å². The molecule has 0 bridgehead atoms. The number of carbonyl (C=O) groups excluding carboxylic acids is 3. The number of β-amino-alcohol motifs (C(OH)–C–C–N with tert-alkyl or cyclic N) is 1. The van der Waals surface area contributed by atoms with Gasteiger partial charge in [-0.15, -0.1) is 0 Å². The average Bonchev–Trinajstić information content (AvgIpc) is 3.12. The van der Waals surface area contributed by atoms with Crippen LogP contribution in [0.3, 0.4) is 0 Å². The van der Waals surface area contributed by atoms with Gasteiger partial charge in [0.05, 0.1) is 17.7 Å². The van der Waals surface area contributed by atoms with E-state index in [2.05, 4.69) is 20.6 Å². The Kier molecular flexibility index (Phi) is 12.2. The average molecular weight is 757 g/mol. The Balaban J connectivity index is 1.46. The number of fused-ring (bicyclic) bond motifs is 1. The van der Waals surface area contributed by atoms with Crippen molar-refractivity contribution in [2.45, 2.75) is 100 Å². The summed E-state index contributed by atoms with van der Waals surface area (Å²) in [6, 6.07) is 23.8. The Morgan fingerprint density at radius 1 is 0.907 bits per heavy atom. The summed E-state index contributed by atoms with van der Waals surface area (Å²) in [5.41, 5.74) is 0.142. The van der Waals surface area contributed by atoms with Gasteiger partial charge in [0, 0.05) is 35.8 Å². The summed E-state index contributed by atoms with van der Waals surface area (Å²) >= 11 is 0. The van der Waals surface area contributed by atoms with E-state index in [1.54, 1.807) is 39.0 Å². The van der Waals surface area contributed by atoms with Crippen molar-refractivity contribution in [1.82, 2.24) is 30.4 Å². The molecule has 13 heteroatoms. The second kappa shape index (κ2) is 16.3. The number of carbonyl (C=O) groups is 3. The van der Waals surface area contributed by atoms with Gasteiger partial charge < -0.3 is 20.6 Å². The highest BCUT2D eigenvalue weighted by atomic mass is 32.2. The third kappa shape index (κ3) is 9.14. The van der Waals surface area contributed by atoms with Crippen LogP contribution in [-0.2, 0) is 25.8 Å². The van der Waals surface area contributed by atoms with Crippen LogP contribution in [0.2, 0.25) is 0 Å². The number of aliphatic hydroxyl groups excluding tert-OH is 1. The van der Waals surface area contributed by atoms with E-state index in [9.17, 15) is 27.9 Å². The van der Waals surface area contributed by atoms with Crippen LogP contribution in [-0.4, -0.2) is 98.7 Å². The Labute approximate surface area is 318 Å². The van der Waals surface area contributed by atoms with Crippen LogP contribution in [0.5, 0.6) is 0 Å². The molecule has 54 heavy (non-hydrogen) atoms. The highest BCUT2D eigenvalue weighted by molar-refractivity contribution is 7.93. The van der Waals surface area contributed by atoms with Gasteiger partial charge in [-0.25, -0.2) is 18.4 Å². The van der Waals surface area contributed by atoms with Crippen molar-refractivity contribution in [1.29, 1.82) is 0 Å². The number of benzene rings is 2. The number of amides is 3. The van der Waals surface area contributed by atoms with Crippen LogP contribution in [0.4, 0.5) is 0 Å². The normalized spacial score (nSPS) is 18.1. The quantitative estimate of drug-likeness (QED) is 0.189. The number of sulfone groups is 1. The molecule has 3 atom stereocenters. The fourth-order valence-electron chi connectivity index (χ4n) is 6.88. The molecule has 0 saturated carbocycles. The lowest BCUT2D eigenvalue weighted by molar-refractivity contribution is -0.133. The van der Waals surface area contributed by atoms with Gasteiger partial charge in [-0.1, -0.05) is 60.7 Å². The second-order valence-electron chi connectivity index (χ2n) is 15.9. The minimum atomic E-state index is -4.43. The molecule has 2 aromatic carbocycles. The van der Waals surface area contributed by atoms with E-state index in [0.29, 0.717) is 18.4 Å². The summed E-state index contributed by atoms with van der Waals surface area (Å²) in [5, 5.41) is 18.6. The lowest BCUT2D eigenvalue weighted by Crippen LogP contribution is -2.68. The Bertz CT molecular complexity index is 2050. The number of hydrogen-bond acceptors (Lipinski definition) is 9. The molecule has 0 radical (unpaired) electrons. The van der Waals surface area contributed by atoms with Gasteiger partial charge >= 0.3 is 0 Å². The predicted octanol–water partition coefficient (Wildman–Crippen LogP) is 4.53. The van der Waals surface area contributed by atoms with Crippen LogP contribution < -0.4 is 10.6 Å². The monoisotopic (exact) mass is 756 g/mol. The molecule has 1 aliphatic rings. The topological polar surface area (TPSA) is 162 Å². The fraction of sp³-hybridized carbons (Fsp3) is 0.439. The van der Waals surface area contributed by atoms with E-state index in [1.165, 1.54) is 22.1 Å². The molecule has 3 heterocycles. The molecule has 288 valence electrons. The van der Waals surface area contributed by atoms with Gasteiger partial charge in [-0.3, -0.25) is 19.3 Å². The Morgan fingerprint density at radius 2 is 1.59 bits per heavy atom. The molecule has 1 aliphatic heterocycles. The van der Waals surface area contributed by atoms with Crippen LogP contribution in [0, 0.1) is 0 Å². The zero-order valence-electron chi connectivity index (χ0n) is 32.0. The number of aromatic nitrogens is 2. The number of para-hydroxylation sites is 1. The molecule has 3 amide bonds. The smallest absolute Gasteiger partial charge is 0.273 e. The van der Waals surface area contributed by atoms with Crippen molar-refractivity contribution in [3.63, 3.8) is 0 Å². The zero-order chi connectivity index (χ0) is 39.3. The lowest BCUT2D eigenvalue weighted by Gasteiger charge is -2.46. The Hall–Kier alpha value is -4.72. The van der Waals surface area contributed by atoms with E-state index in [-0.39, 0.29) is 43.2 Å².